The molecule has 35 heteroatoms. The minimum Gasteiger partial charge on any atom is -0.509 e. The van der Waals surface area contributed by atoms with Crippen molar-refractivity contribution in [1.29, 1.82) is 0 Å². The van der Waals surface area contributed by atoms with E-state index in [0.29, 0.717) is 53.4 Å². The first-order valence-electron chi connectivity index (χ1n) is 37.9. The van der Waals surface area contributed by atoms with Gasteiger partial charge in [0.1, 0.15) is 64.5 Å². The number of aliphatic hydroxyl groups is 1. The Morgan fingerprint density at radius 2 is 1.05 bits per heavy atom. The number of aromatic nitrogens is 6. The summed E-state index contributed by atoms with van der Waals surface area (Å²) in [5, 5.41) is 115. The number of aliphatic hydroxyl groups excluding tert-OH is 1. The molecule has 2 bridgehead atoms. The second-order valence-electron chi connectivity index (χ2n) is 28.9. The molecule has 6 aromatic rings. The van der Waals surface area contributed by atoms with Crippen LogP contribution in [0.3, 0.4) is 0 Å². The average molecular weight is 1550 g/mol. The molecular weight excluding hydrogens is 1450 g/mol. The molecule has 4 aliphatic heterocycles. The number of carboxylic acids is 3. The number of piperidine rings is 2. The third-order valence-corrected chi connectivity index (χ3v) is 20.3. The maximum absolute atomic E-state index is 14.7. The summed E-state index contributed by atoms with van der Waals surface area (Å²) in [5.41, 5.74) is 2.55. The van der Waals surface area contributed by atoms with Gasteiger partial charge in [0.25, 0.3) is 11.8 Å². The number of ether oxygens (including phenoxy) is 2. The first-order chi connectivity index (χ1) is 53.6. The van der Waals surface area contributed by atoms with Crippen LogP contribution in [0.4, 0.5) is 0 Å². The number of likely N-dealkylation sites (tertiary alicyclic amines) is 1. The van der Waals surface area contributed by atoms with E-state index in [2.05, 4.69) is 41.7 Å². The third-order valence-electron chi connectivity index (χ3n) is 20.3. The molecule has 4 aromatic carbocycles. The standard InChI is InChI=1S/C77H100N16O19/c1-7-78-75(107)72-84-82-70(55-38-53(45(3)4)60(94)40-62(55)96)92(72)47-9-13-49(14-10-47)111-51-22-26-90(27-23-51)66(100)20-17-57-74(106)80-25-21-67(101)91-28-24-52(112-50-15-11-48(12-16-50)93-71(83-85-73(93)76(108)79-8-2)56-39-54(46(5)6)61(95)41-63(56)97)37-59(91)64(98)42-86-29-30-87(43-68(102)103)31-32-88(44-69(104)105)34-36-89(35-33-86)58(77(109)110)18-19-65(99)81-57/h9-16,38-41,45-46,51-52,57-58,94-98H,7-8,17-37,42-44H2,1-6H3,(H,78,107)(H,79,108)(H,80,106)(H,81,99)(H,102,103)(H,104,105)(H,109,110)/b64-59+/t52?,57-,58-/m1/s1. The van der Waals surface area contributed by atoms with Crippen LogP contribution in [0.1, 0.15) is 144 Å². The summed E-state index contributed by atoms with van der Waals surface area (Å²) in [4.78, 5) is 132. The van der Waals surface area contributed by atoms with Gasteiger partial charge < -0.3 is 81.4 Å². The monoisotopic (exact) mass is 1550 g/mol. The van der Waals surface area contributed by atoms with Crippen molar-refractivity contribution in [2.45, 2.75) is 135 Å². The second kappa shape index (κ2) is 38.0. The lowest BCUT2D eigenvalue weighted by molar-refractivity contribution is -0.145. The van der Waals surface area contributed by atoms with Gasteiger partial charge in [0.05, 0.1) is 36.5 Å². The van der Waals surface area contributed by atoms with E-state index in [1.165, 1.54) is 26.2 Å². The fraction of sp³-hybridized carbons (Fsp3) is 0.494. The first kappa shape index (κ1) is 83.1. The molecule has 3 unspecified atom stereocenters. The molecule has 35 nitrogen and oxygen atoms in total. The Morgan fingerprint density at radius 3 is 1.55 bits per heavy atom. The van der Waals surface area contributed by atoms with Gasteiger partial charge in [-0.05, 0) is 110 Å². The zero-order chi connectivity index (χ0) is 80.6. The molecule has 3 fully saturated rings. The number of hydrogen-bond acceptors (Lipinski definition) is 24. The van der Waals surface area contributed by atoms with E-state index >= 15 is 0 Å². The number of phenolic OH excluding ortho intramolecular Hbond substituents is 4. The van der Waals surface area contributed by atoms with E-state index in [9.17, 15) is 84.0 Å². The molecule has 0 spiro atoms. The summed E-state index contributed by atoms with van der Waals surface area (Å²) in [7, 11) is 0. The number of carbonyl (C=O) groups excluding carboxylic acids is 6. The number of fused-ring (bicyclic) bond motifs is 4. The number of aromatic hydroxyl groups is 4. The average Bonchev–Trinajstić information content (AvgIpc) is 1.60. The van der Waals surface area contributed by atoms with Crippen molar-refractivity contribution in [1.82, 2.24) is 80.2 Å². The second-order valence-corrected chi connectivity index (χ2v) is 28.9. The van der Waals surface area contributed by atoms with Gasteiger partial charge >= 0.3 is 17.9 Å². The van der Waals surface area contributed by atoms with Crippen molar-refractivity contribution in [2.75, 3.05) is 111 Å². The van der Waals surface area contributed by atoms with Gasteiger partial charge in [-0.3, -0.25) is 71.9 Å². The molecule has 6 amide bonds. The smallest absolute Gasteiger partial charge is 0.320 e. The Kier molecular flexibility index (Phi) is 28.2. The number of amides is 6. The molecule has 6 heterocycles. The number of rotatable bonds is 22. The Labute approximate surface area is 646 Å². The van der Waals surface area contributed by atoms with E-state index in [0.717, 1.165) is 0 Å². The number of hydrogen-bond donors (Lipinski definition) is 12. The number of carbonyl (C=O) groups is 9. The van der Waals surface area contributed by atoms with Crippen molar-refractivity contribution >= 4 is 53.4 Å². The number of phenols is 4. The zero-order valence-electron chi connectivity index (χ0n) is 63.7. The number of nitrogens with one attached hydrogen (secondary N) is 4. The number of benzene rings is 4. The largest absolute Gasteiger partial charge is 0.509 e. The topological polar surface area (TPSA) is 463 Å². The predicted octanol–water partition coefficient (Wildman–Crippen LogP) is 4.37. The van der Waals surface area contributed by atoms with Gasteiger partial charge in [-0.25, -0.2) is 0 Å². The van der Waals surface area contributed by atoms with Crippen LogP contribution >= 0.6 is 0 Å². The van der Waals surface area contributed by atoms with Gasteiger partial charge in [-0.2, -0.15) is 0 Å². The van der Waals surface area contributed by atoms with Crippen LogP contribution in [0.2, 0.25) is 0 Å². The van der Waals surface area contributed by atoms with E-state index < -0.39 is 85.1 Å². The van der Waals surface area contributed by atoms with Crippen molar-refractivity contribution in [2.24, 2.45) is 0 Å². The molecule has 0 radical (unpaired) electrons. The quantitative estimate of drug-likeness (QED) is 0.0449. The third kappa shape index (κ3) is 21.0. The lowest BCUT2D eigenvalue weighted by Gasteiger charge is -2.37. The van der Waals surface area contributed by atoms with Crippen LogP contribution in [0.15, 0.2) is 84.3 Å². The molecule has 5 atom stereocenters. The van der Waals surface area contributed by atoms with E-state index in [1.54, 1.807) is 99.0 Å². The highest BCUT2D eigenvalue weighted by Gasteiger charge is 2.36. The normalized spacial score (nSPS) is 20.6. The van der Waals surface area contributed by atoms with Gasteiger partial charge in [0.2, 0.25) is 35.3 Å². The first-order valence-corrected chi connectivity index (χ1v) is 37.9. The highest BCUT2D eigenvalue weighted by Crippen LogP contribution is 2.41. The van der Waals surface area contributed by atoms with E-state index in [1.807, 2.05) is 27.7 Å². The van der Waals surface area contributed by atoms with E-state index in [4.69, 9.17) is 9.47 Å². The minimum atomic E-state index is -1.35. The van der Waals surface area contributed by atoms with Gasteiger partial charge in [0, 0.05) is 160 Å². The van der Waals surface area contributed by atoms with Crippen molar-refractivity contribution < 1.29 is 93.5 Å². The van der Waals surface area contributed by atoms with Crippen LogP contribution < -0.4 is 30.7 Å². The van der Waals surface area contributed by atoms with Crippen LogP contribution in [0.25, 0.3) is 34.2 Å². The molecule has 0 saturated carbocycles. The molecule has 10 rings (SSSR count). The summed E-state index contributed by atoms with van der Waals surface area (Å²) in [6, 6.07) is 16.4. The highest BCUT2D eigenvalue weighted by atomic mass is 16.5. The summed E-state index contributed by atoms with van der Waals surface area (Å²) in [5.74, 6) is -7.30. The number of nitrogens with zero attached hydrogens (tertiary/aromatic N) is 12. The summed E-state index contributed by atoms with van der Waals surface area (Å²) >= 11 is 0. The van der Waals surface area contributed by atoms with Crippen molar-refractivity contribution in [3.05, 3.63) is 107 Å². The molecule has 2 aromatic heterocycles. The van der Waals surface area contributed by atoms with Crippen LogP contribution in [0, 0.1) is 0 Å². The van der Waals surface area contributed by atoms with Crippen LogP contribution in [-0.4, -0.2) is 289 Å². The maximum Gasteiger partial charge on any atom is 0.320 e. The molecule has 4 aliphatic rings. The number of aliphatic carboxylic acids is 3. The summed E-state index contributed by atoms with van der Waals surface area (Å²) in [6.45, 7) is 11.2. The zero-order valence-corrected chi connectivity index (χ0v) is 63.7. The Bertz CT molecular complexity index is 4420. The molecule has 602 valence electrons. The molecule has 12 N–H and O–H groups in total. The molecule has 0 aliphatic carbocycles. The minimum absolute atomic E-state index is 0.0124. The number of carboxylic acid groups (broad SMARTS) is 3. The Hall–Kier alpha value is -11.4. The molecular formula is C77H100N16O19. The fourth-order valence-electron chi connectivity index (χ4n) is 14.4. The Morgan fingerprint density at radius 1 is 0.571 bits per heavy atom. The predicted molar refractivity (Wildman–Crippen MR) is 405 cm³/mol. The summed E-state index contributed by atoms with van der Waals surface area (Å²) < 4.78 is 16.0. The Balaban J connectivity index is 0.861. The molecule has 112 heavy (non-hydrogen) atoms. The van der Waals surface area contributed by atoms with Crippen LogP contribution in [-0.2, 0) is 33.6 Å². The highest BCUT2D eigenvalue weighted by molar-refractivity contribution is 5.93. The SMILES string of the molecule is CCNC(=O)c1nnc(-c2cc(C(C)C)c(O)cc2O)n1-c1ccc(OC2CCN(C(=O)CC[C@H]3NC(=O)CC[C@H](C(=O)O)N4CCN(CC(=O)O)CCN(CC(=O)O)CCN(CC4)C/C(O)=C4/CC(Oc5ccc(-n6c(C(=O)NCC)nnc6-c6cc(C(C)C)c(O)cc6O)cc5)CCN4C(=O)CCNC3=O)CC2)cc1. The van der Waals surface area contributed by atoms with Gasteiger partial charge in [0.15, 0.2) is 11.6 Å². The van der Waals surface area contributed by atoms with Crippen LogP contribution in [0.5, 0.6) is 34.5 Å². The lowest BCUT2D eigenvalue weighted by atomic mass is 9.98. The molecule has 3 saturated heterocycles. The van der Waals surface area contributed by atoms with Crippen molar-refractivity contribution in [3.8, 4) is 68.6 Å². The summed E-state index contributed by atoms with van der Waals surface area (Å²) in [6.07, 6.45) is -1.37. The van der Waals surface area contributed by atoms with E-state index in [-0.39, 0.29) is 223 Å². The van der Waals surface area contributed by atoms with Crippen molar-refractivity contribution in [3.63, 3.8) is 0 Å². The fourth-order valence-corrected chi connectivity index (χ4v) is 14.4. The lowest BCUT2D eigenvalue weighted by Crippen LogP contribution is -2.52. The van der Waals surface area contributed by atoms with Gasteiger partial charge in [-0.15, -0.1) is 20.4 Å². The van der Waals surface area contributed by atoms with Gasteiger partial charge in [-0.1, -0.05) is 27.7 Å². The maximum atomic E-state index is 14.7.